The highest BCUT2D eigenvalue weighted by Crippen LogP contribution is 2.39. The summed E-state index contributed by atoms with van der Waals surface area (Å²) in [5.41, 5.74) is 5.20. The molecule has 3 heterocycles. The number of benzene rings is 2. The van der Waals surface area contributed by atoms with Crippen molar-refractivity contribution in [3.8, 4) is 17.0 Å². The predicted molar refractivity (Wildman–Crippen MR) is 175 cm³/mol. The van der Waals surface area contributed by atoms with Gasteiger partial charge in [-0.25, -0.2) is 9.97 Å². The van der Waals surface area contributed by atoms with Gasteiger partial charge in [-0.2, -0.15) is 8.42 Å². The number of nitrogens with zero attached hydrogens (tertiary/aromatic N) is 5. The normalized spacial score (nSPS) is 15.0. The number of hydrogen-bond donors (Lipinski definition) is 3. The van der Waals surface area contributed by atoms with Gasteiger partial charge in [0.25, 0.3) is 10.1 Å². The minimum Gasteiger partial charge on any atom is -0.494 e. The van der Waals surface area contributed by atoms with Crippen molar-refractivity contribution < 1.29 is 22.5 Å². The van der Waals surface area contributed by atoms with Gasteiger partial charge in [0.1, 0.15) is 5.75 Å². The van der Waals surface area contributed by atoms with Crippen LogP contribution >= 0.6 is 0 Å². The molecule has 3 N–H and O–H groups in total. The Hall–Kier alpha value is -4.46. The van der Waals surface area contributed by atoms with E-state index in [9.17, 15) is 13.2 Å². The maximum Gasteiger partial charge on any atom is 0.261 e. The van der Waals surface area contributed by atoms with Gasteiger partial charge in [-0.3, -0.25) is 9.35 Å². The lowest BCUT2D eigenvalue weighted by Gasteiger charge is -2.38. The SMILES string of the molecule is C=CC(=O)Nc1cc(Nc2nccc(-c3cn(C)c4ccccc34)n2)c(OC)cc1N1CCCC(N(C)C)C1.CS(=O)(=O)O. The molecule has 13 heteroatoms. The summed E-state index contributed by atoms with van der Waals surface area (Å²) in [6.45, 7) is 5.38. The number of hydrogen-bond acceptors (Lipinski definition) is 9. The molecule has 44 heavy (non-hydrogen) atoms. The topological polar surface area (TPSA) is 142 Å². The van der Waals surface area contributed by atoms with Gasteiger partial charge in [0.2, 0.25) is 11.9 Å². The van der Waals surface area contributed by atoms with Gasteiger partial charge in [-0.15, -0.1) is 0 Å². The van der Waals surface area contributed by atoms with Crippen LogP contribution in [0.1, 0.15) is 12.8 Å². The van der Waals surface area contributed by atoms with Crippen LogP contribution in [-0.2, 0) is 22.0 Å². The summed E-state index contributed by atoms with van der Waals surface area (Å²) >= 11 is 0. The van der Waals surface area contributed by atoms with Crippen LogP contribution in [0.4, 0.5) is 23.0 Å². The fourth-order valence-electron chi connectivity index (χ4n) is 5.21. The number of piperidine rings is 1. The number of fused-ring (bicyclic) bond motifs is 1. The average Bonchev–Trinajstić information content (AvgIpc) is 3.33. The molecule has 1 aliphatic rings. The van der Waals surface area contributed by atoms with Gasteiger partial charge >= 0.3 is 0 Å². The minimum atomic E-state index is -3.67. The molecule has 5 rings (SSSR count). The van der Waals surface area contributed by atoms with E-state index in [1.165, 1.54) is 6.08 Å². The highest BCUT2D eigenvalue weighted by atomic mass is 32.2. The number of para-hydroxylation sites is 1. The first-order valence-corrected chi connectivity index (χ1v) is 15.9. The highest BCUT2D eigenvalue weighted by molar-refractivity contribution is 7.85. The molecule has 0 aliphatic carbocycles. The number of carbonyl (C=O) groups is 1. The number of carbonyl (C=O) groups excluding carboxylic acids is 1. The lowest BCUT2D eigenvalue weighted by Crippen LogP contribution is -2.45. The van der Waals surface area contributed by atoms with E-state index in [2.05, 4.69) is 69.0 Å². The van der Waals surface area contributed by atoms with Crippen molar-refractivity contribution in [1.29, 1.82) is 0 Å². The third-order valence-electron chi connectivity index (χ3n) is 7.30. The second-order valence-electron chi connectivity index (χ2n) is 10.8. The zero-order valence-corrected chi connectivity index (χ0v) is 26.4. The Labute approximate surface area is 258 Å². The Morgan fingerprint density at radius 1 is 1.20 bits per heavy atom. The number of anilines is 4. The van der Waals surface area contributed by atoms with Gasteiger partial charge < -0.3 is 29.7 Å². The third kappa shape index (κ3) is 8.13. The molecular weight excluding hydrogens is 582 g/mol. The molecule has 1 saturated heterocycles. The average molecular weight is 622 g/mol. The summed E-state index contributed by atoms with van der Waals surface area (Å²) in [5.74, 6) is 0.786. The van der Waals surface area contributed by atoms with Gasteiger partial charge in [0, 0.05) is 61.1 Å². The largest absolute Gasteiger partial charge is 0.494 e. The molecule has 0 spiro atoms. The zero-order chi connectivity index (χ0) is 32.0. The summed E-state index contributed by atoms with van der Waals surface area (Å²) in [5, 5.41) is 7.43. The summed E-state index contributed by atoms with van der Waals surface area (Å²) < 4.78 is 33.8. The van der Waals surface area contributed by atoms with Crippen molar-refractivity contribution in [3.05, 3.63) is 67.5 Å². The van der Waals surface area contributed by atoms with E-state index in [-0.39, 0.29) is 5.91 Å². The van der Waals surface area contributed by atoms with E-state index in [1.54, 1.807) is 13.3 Å². The van der Waals surface area contributed by atoms with Crippen LogP contribution in [0.5, 0.6) is 5.75 Å². The number of aryl methyl sites for hydroxylation is 1. The van der Waals surface area contributed by atoms with E-state index in [0.717, 1.165) is 53.8 Å². The number of aromatic nitrogens is 3. The fourth-order valence-corrected chi connectivity index (χ4v) is 5.21. The molecule has 0 saturated carbocycles. The first kappa shape index (κ1) is 32.5. The monoisotopic (exact) mass is 621 g/mol. The minimum absolute atomic E-state index is 0.275. The Bertz CT molecular complexity index is 1750. The molecule has 12 nitrogen and oxygen atoms in total. The maximum absolute atomic E-state index is 12.4. The molecule has 0 bridgehead atoms. The van der Waals surface area contributed by atoms with Gasteiger partial charge in [-0.1, -0.05) is 24.8 Å². The van der Waals surface area contributed by atoms with Crippen LogP contribution in [0, 0.1) is 0 Å². The first-order chi connectivity index (χ1) is 20.9. The van der Waals surface area contributed by atoms with Gasteiger partial charge in [-0.05, 0) is 51.2 Å². The van der Waals surface area contributed by atoms with Crippen LogP contribution in [0.25, 0.3) is 22.2 Å². The number of rotatable bonds is 8. The lowest BCUT2D eigenvalue weighted by atomic mass is 10.0. The Kier molecular flexibility index (Phi) is 10.2. The van der Waals surface area contributed by atoms with Crippen LogP contribution in [0.15, 0.2) is 67.5 Å². The van der Waals surface area contributed by atoms with E-state index >= 15 is 0 Å². The van der Waals surface area contributed by atoms with Crippen LogP contribution in [0.3, 0.4) is 0 Å². The Balaban J connectivity index is 0.000000818. The predicted octanol–water partition coefficient (Wildman–Crippen LogP) is 4.55. The second kappa shape index (κ2) is 13.9. The molecule has 0 radical (unpaired) electrons. The molecule has 1 unspecified atom stereocenters. The van der Waals surface area contributed by atoms with Crippen molar-refractivity contribution in [1.82, 2.24) is 19.4 Å². The van der Waals surface area contributed by atoms with Crippen molar-refractivity contribution in [2.75, 3.05) is 56.1 Å². The van der Waals surface area contributed by atoms with Gasteiger partial charge in [0.05, 0.1) is 36.1 Å². The molecule has 1 fully saturated rings. The molecule has 1 aliphatic heterocycles. The van der Waals surface area contributed by atoms with Crippen molar-refractivity contribution in [2.45, 2.75) is 18.9 Å². The number of nitrogens with one attached hydrogen (secondary N) is 2. The molecule has 4 aromatic rings. The Morgan fingerprint density at radius 2 is 1.93 bits per heavy atom. The van der Waals surface area contributed by atoms with Crippen LogP contribution in [-0.4, -0.2) is 84.9 Å². The van der Waals surface area contributed by atoms with Crippen molar-refractivity contribution in [2.24, 2.45) is 7.05 Å². The van der Waals surface area contributed by atoms with Crippen molar-refractivity contribution >= 4 is 49.9 Å². The van der Waals surface area contributed by atoms with Crippen LogP contribution in [0.2, 0.25) is 0 Å². The second-order valence-corrected chi connectivity index (χ2v) is 12.2. The van der Waals surface area contributed by atoms with E-state index in [0.29, 0.717) is 35.4 Å². The molecule has 2 aromatic carbocycles. The summed E-state index contributed by atoms with van der Waals surface area (Å²) in [7, 11) is 4.21. The molecule has 234 valence electrons. The lowest BCUT2D eigenvalue weighted by molar-refractivity contribution is -0.111. The zero-order valence-electron chi connectivity index (χ0n) is 25.6. The number of amides is 1. The summed E-state index contributed by atoms with van der Waals surface area (Å²) in [6, 6.07) is 14.4. The Morgan fingerprint density at radius 3 is 2.61 bits per heavy atom. The number of ether oxygens (including phenoxy) is 1. The number of methoxy groups -OCH3 is 1. The summed E-state index contributed by atoms with van der Waals surface area (Å²) in [6.07, 6.45) is 8.01. The third-order valence-corrected chi connectivity index (χ3v) is 7.30. The number of likely N-dealkylation sites (N-methyl/N-ethyl adjacent to an activating group) is 1. The van der Waals surface area contributed by atoms with E-state index in [1.807, 2.05) is 37.4 Å². The molecular formula is C31H39N7O5S. The quantitative estimate of drug-likeness (QED) is 0.190. The van der Waals surface area contributed by atoms with Crippen molar-refractivity contribution in [3.63, 3.8) is 0 Å². The fraction of sp³-hybridized carbons (Fsp3) is 0.323. The van der Waals surface area contributed by atoms with E-state index < -0.39 is 10.1 Å². The summed E-state index contributed by atoms with van der Waals surface area (Å²) in [4.78, 5) is 26.2. The molecule has 1 atom stereocenters. The van der Waals surface area contributed by atoms with Crippen LogP contribution < -0.4 is 20.3 Å². The standard InChI is InChI=1S/C30H35N7O2.CH4O3S/c1-6-29(38)32-24-16-25(28(39-5)17-27(24)37-15-9-10-20(18-37)35(2)3)34-30-31-14-13-23(33-30)22-19-36(4)26-12-8-7-11-21(22)26;1-5(2,3)4/h6-8,11-14,16-17,19-20H,1,9-10,15,18H2,2-5H3,(H,32,38)(H,31,33,34);1H3,(H,2,3,4). The van der Waals surface area contributed by atoms with E-state index in [4.69, 9.17) is 14.3 Å². The smallest absolute Gasteiger partial charge is 0.261 e. The maximum atomic E-state index is 12.4. The molecule has 1 amide bonds. The molecule has 2 aromatic heterocycles. The van der Waals surface area contributed by atoms with Gasteiger partial charge in [0.15, 0.2) is 0 Å². The first-order valence-electron chi connectivity index (χ1n) is 14.0. The highest BCUT2D eigenvalue weighted by Gasteiger charge is 2.25.